The fourth-order valence-corrected chi connectivity index (χ4v) is 2.03. The minimum Gasteiger partial charge on any atom is -0.715 e. The van der Waals surface area contributed by atoms with E-state index < -0.39 is 11.1 Å². The van der Waals surface area contributed by atoms with Gasteiger partial charge in [0.1, 0.15) is 5.54 Å². The van der Waals surface area contributed by atoms with Gasteiger partial charge < -0.3 is 5.21 Å². The summed E-state index contributed by atoms with van der Waals surface area (Å²) in [5.74, 6) is 0.107. The molecule has 2 rings (SSSR count). The quantitative estimate of drug-likeness (QED) is 0.501. The van der Waals surface area contributed by atoms with E-state index in [-0.39, 0.29) is 5.92 Å². The predicted octanol–water partition coefficient (Wildman–Crippen LogP) is 1.86. The molecule has 0 bridgehead atoms. The summed E-state index contributed by atoms with van der Waals surface area (Å²) in [6.07, 6.45) is 7.44. The van der Waals surface area contributed by atoms with E-state index in [4.69, 9.17) is 0 Å². The number of amidine groups is 1. The van der Waals surface area contributed by atoms with Crippen LogP contribution < -0.4 is 0 Å². The lowest BCUT2D eigenvalue weighted by Crippen LogP contribution is -2.53. The molecule has 0 spiro atoms. The van der Waals surface area contributed by atoms with Gasteiger partial charge in [0.2, 0.25) is 0 Å². The van der Waals surface area contributed by atoms with Crippen LogP contribution in [-0.4, -0.2) is 26.7 Å². The molecule has 2 aliphatic rings. The van der Waals surface area contributed by atoms with Crippen molar-refractivity contribution in [1.82, 2.24) is 5.06 Å². The van der Waals surface area contributed by atoms with E-state index >= 15 is 0 Å². The predicted molar refractivity (Wildman–Crippen MR) is 61.1 cm³/mol. The molecule has 0 saturated heterocycles. The van der Waals surface area contributed by atoms with Gasteiger partial charge >= 0.3 is 0 Å². The first-order valence-corrected chi connectivity index (χ1v) is 5.46. The Morgan fingerprint density at radius 1 is 1.25 bits per heavy atom. The molecule has 0 aromatic carbocycles. The molecule has 0 fully saturated rings. The second-order valence-corrected chi connectivity index (χ2v) is 5.36. The zero-order valence-corrected chi connectivity index (χ0v) is 10.1. The molecule has 4 heteroatoms. The van der Waals surface area contributed by atoms with Crippen molar-refractivity contribution in [1.29, 1.82) is 0 Å². The van der Waals surface area contributed by atoms with E-state index in [1.807, 2.05) is 24.3 Å². The van der Waals surface area contributed by atoms with Crippen LogP contribution in [0.25, 0.3) is 0 Å². The highest BCUT2D eigenvalue weighted by molar-refractivity contribution is 5.85. The van der Waals surface area contributed by atoms with Crippen LogP contribution in [0.3, 0.4) is 0 Å². The van der Waals surface area contributed by atoms with Crippen molar-refractivity contribution in [2.24, 2.45) is 5.92 Å². The molecule has 0 aromatic heterocycles. The van der Waals surface area contributed by atoms with Crippen LogP contribution in [0.2, 0.25) is 0 Å². The van der Waals surface area contributed by atoms with E-state index in [1.165, 1.54) is 0 Å². The van der Waals surface area contributed by atoms with Crippen LogP contribution in [0.1, 0.15) is 27.7 Å². The lowest BCUT2D eigenvalue weighted by molar-refractivity contribution is -0.541. The maximum absolute atomic E-state index is 12.2. The first-order chi connectivity index (χ1) is 7.30. The summed E-state index contributed by atoms with van der Waals surface area (Å²) < 4.78 is 0.866. The second-order valence-electron chi connectivity index (χ2n) is 5.36. The van der Waals surface area contributed by atoms with Crippen molar-refractivity contribution in [2.45, 2.75) is 38.8 Å². The van der Waals surface area contributed by atoms with Gasteiger partial charge in [0, 0.05) is 5.21 Å². The Morgan fingerprint density at radius 2 is 1.75 bits per heavy atom. The minimum absolute atomic E-state index is 0.184. The Morgan fingerprint density at radius 3 is 2.12 bits per heavy atom. The van der Waals surface area contributed by atoms with Gasteiger partial charge in [-0.2, -0.15) is 0 Å². The SMILES string of the molecule is CC1(C)N([O])C(C2C=CC=C2)=[N+]([O-])C1(C)C. The molecule has 1 heterocycles. The van der Waals surface area contributed by atoms with Gasteiger partial charge in [0.25, 0.3) is 5.84 Å². The number of hydroxylamine groups is 3. The fraction of sp³-hybridized carbons (Fsp3) is 0.583. The molecule has 1 aliphatic heterocycles. The second kappa shape index (κ2) is 3.10. The number of hydrogen-bond acceptors (Lipinski definition) is 2. The Kier molecular flexibility index (Phi) is 2.17. The third-order valence-electron chi connectivity index (χ3n) is 3.97. The highest BCUT2D eigenvalue weighted by Gasteiger charge is 2.60. The normalized spacial score (nSPS) is 27.2. The van der Waals surface area contributed by atoms with Crippen molar-refractivity contribution in [2.75, 3.05) is 0 Å². The average molecular weight is 221 g/mol. The molecular formula is C12H17N2O2. The molecule has 0 unspecified atom stereocenters. The maximum atomic E-state index is 12.2. The van der Waals surface area contributed by atoms with Crippen molar-refractivity contribution < 1.29 is 9.95 Å². The molecule has 1 radical (unpaired) electrons. The summed E-state index contributed by atoms with van der Waals surface area (Å²) in [5.41, 5.74) is -1.43. The molecule has 1 aliphatic carbocycles. The largest absolute Gasteiger partial charge is 0.715 e. The standard InChI is InChI=1S/C12H17N2O2/c1-11(2)12(3,4)14(16)10(13(11)15)9-7-5-6-8-9/h5-9H,1-4H3. The number of hydrogen-bond donors (Lipinski definition) is 0. The van der Waals surface area contributed by atoms with Crippen molar-refractivity contribution >= 4 is 5.84 Å². The first-order valence-electron chi connectivity index (χ1n) is 5.46. The molecule has 0 atom stereocenters. The van der Waals surface area contributed by atoms with Crippen molar-refractivity contribution in [3.8, 4) is 0 Å². The summed E-state index contributed by atoms with van der Waals surface area (Å²) in [6, 6.07) is 0. The summed E-state index contributed by atoms with van der Waals surface area (Å²) in [5, 5.41) is 25.3. The molecule has 0 N–H and O–H groups in total. The van der Waals surface area contributed by atoms with Crippen molar-refractivity contribution in [3.05, 3.63) is 29.5 Å². The van der Waals surface area contributed by atoms with E-state index in [2.05, 4.69) is 0 Å². The number of nitrogens with zero attached hydrogens (tertiary/aromatic N) is 2. The van der Waals surface area contributed by atoms with E-state index in [9.17, 15) is 10.4 Å². The van der Waals surface area contributed by atoms with E-state index in [1.54, 1.807) is 27.7 Å². The van der Waals surface area contributed by atoms with E-state index in [0.717, 1.165) is 9.80 Å². The molecule has 16 heavy (non-hydrogen) atoms. The highest BCUT2D eigenvalue weighted by atomic mass is 16.5. The number of allylic oxidation sites excluding steroid dienone is 2. The van der Waals surface area contributed by atoms with Crippen molar-refractivity contribution in [3.63, 3.8) is 0 Å². The van der Waals surface area contributed by atoms with Gasteiger partial charge in [0.05, 0.1) is 5.92 Å². The first kappa shape index (κ1) is 11.2. The van der Waals surface area contributed by atoms with Gasteiger partial charge in [-0.3, -0.25) is 4.74 Å². The zero-order valence-electron chi connectivity index (χ0n) is 10.1. The minimum atomic E-state index is -0.714. The Labute approximate surface area is 95.7 Å². The summed E-state index contributed by atoms with van der Waals surface area (Å²) in [6.45, 7) is 7.22. The van der Waals surface area contributed by atoms with E-state index in [0.29, 0.717) is 5.84 Å². The summed E-state index contributed by atoms with van der Waals surface area (Å²) in [4.78, 5) is 0. The van der Waals surface area contributed by atoms with Gasteiger partial charge in [-0.25, -0.2) is 0 Å². The molecule has 0 aromatic rings. The van der Waals surface area contributed by atoms with Gasteiger partial charge in [0.15, 0.2) is 5.54 Å². The zero-order chi connectivity index (χ0) is 12.1. The van der Waals surface area contributed by atoms with Crippen LogP contribution in [-0.2, 0) is 5.21 Å². The molecule has 87 valence electrons. The molecule has 0 saturated carbocycles. The summed E-state index contributed by atoms with van der Waals surface area (Å²) in [7, 11) is 0. The van der Waals surface area contributed by atoms with Gasteiger partial charge in [-0.15, -0.1) is 0 Å². The van der Waals surface area contributed by atoms with Crippen LogP contribution >= 0.6 is 0 Å². The van der Waals surface area contributed by atoms with Crippen LogP contribution in [0.15, 0.2) is 24.3 Å². The van der Waals surface area contributed by atoms with Crippen LogP contribution in [0.4, 0.5) is 0 Å². The van der Waals surface area contributed by atoms with Gasteiger partial charge in [-0.1, -0.05) is 29.4 Å². The maximum Gasteiger partial charge on any atom is 0.295 e. The number of rotatable bonds is 1. The average Bonchev–Trinajstić information content (AvgIpc) is 2.73. The third kappa shape index (κ3) is 1.16. The van der Waals surface area contributed by atoms with Gasteiger partial charge in [-0.05, 0) is 27.7 Å². The Bertz CT molecular complexity index is 393. The Hall–Kier alpha value is -1.29. The molecule has 4 nitrogen and oxygen atoms in total. The lowest BCUT2D eigenvalue weighted by Gasteiger charge is -2.32. The van der Waals surface area contributed by atoms with Crippen LogP contribution in [0.5, 0.6) is 0 Å². The lowest BCUT2D eigenvalue weighted by atomic mass is 9.84. The third-order valence-corrected chi connectivity index (χ3v) is 3.97. The van der Waals surface area contributed by atoms with Crippen LogP contribution in [0, 0.1) is 11.1 Å². The fourth-order valence-electron chi connectivity index (χ4n) is 2.03. The smallest absolute Gasteiger partial charge is 0.295 e. The Balaban J connectivity index is 2.49. The molecule has 0 amide bonds. The monoisotopic (exact) mass is 221 g/mol. The highest BCUT2D eigenvalue weighted by Crippen LogP contribution is 2.38. The molecular weight excluding hydrogens is 204 g/mol. The topological polar surface area (TPSA) is 49.2 Å². The summed E-state index contributed by atoms with van der Waals surface area (Å²) >= 11 is 0.